The van der Waals surface area contributed by atoms with Gasteiger partial charge in [0.25, 0.3) is 0 Å². The number of hydrogen-bond donors (Lipinski definition) is 1. The maximum Gasteiger partial charge on any atom is 0.127 e. The summed E-state index contributed by atoms with van der Waals surface area (Å²) in [5.41, 5.74) is 0. The number of hydrogen-bond acceptors (Lipinski definition) is 1. The molecule has 1 rings (SSSR count). The first-order valence-corrected chi connectivity index (χ1v) is 2.54. The standard InChI is InChI=1S/C3H2IN2/c4-3-1-5-6-2-3/h1H,(H,5,6). The monoisotopic (exact) mass is 193 g/mol. The number of aromatic amines is 1. The number of rotatable bonds is 0. The van der Waals surface area contributed by atoms with Gasteiger partial charge in [0, 0.05) is 6.20 Å². The van der Waals surface area contributed by atoms with Crippen LogP contribution in [0.15, 0.2) is 6.20 Å². The minimum Gasteiger partial charge on any atom is -0.284 e. The van der Waals surface area contributed by atoms with Gasteiger partial charge in [-0.2, -0.15) is 5.10 Å². The largest absolute Gasteiger partial charge is 0.284 e. The van der Waals surface area contributed by atoms with E-state index >= 15 is 0 Å². The molecule has 6 heavy (non-hydrogen) atoms. The van der Waals surface area contributed by atoms with Gasteiger partial charge in [0.15, 0.2) is 0 Å². The molecule has 0 saturated carbocycles. The Labute approximate surface area is 49.1 Å². The topological polar surface area (TPSA) is 28.7 Å². The highest BCUT2D eigenvalue weighted by Gasteiger charge is 1.78. The van der Waals surface area contributed by atoms with Crippen molar-refractivity contribution in [3.05, 3.63) is 16.0 Å². The van der Waals surface area contributed by atoms with Crippen LogP contribution in [0.2, 0.25) is 0 Å². The summed E-state index contributed by atoms with van der Waals surface area (Å²) in [6.07, 6.45) is 4.46. The molecule has 1 N–H and O–H groups in total. The summed E-state index contributed by atoms with van der Waals surface area (Å²) in [7, 11) is 0. The van der Waals surface area contributed by atoms with E-state index in [0.29, 0.717) is 0 Å². The van der Waals surface area contributed by atoms with Crippen molar-refractivity contribution >= 4 is 22.6 Å². The van der Waals surface area contributed by atoms with Crippen molar-refractivity contribution in [2.75, 3.05) is 0 Å². The molecule has 0 unspecified atom stereocenters. The van der Waals surface area contributed by atoms with E-state index in [0.717, 1.165) is 3.57 Å². The van der Waals surface area contributed by atoms with E-state index in [1.54, 1.807) is 6.20 Å². The predicted octanol–water partition coefficient (Wildman–Crippen LogP) is 0.814. The first-order valence-electron chi connectivity index (χ1n) is 1.46. The summed E-state index contributed by atoms with van der Waals surface area (Å²) in [5.74, 6) is 0. The summed E-state index contributed by atoms with van der Waals surface area (Å²) in [5, 5.41) is 6.18. The van der Waals surface area contributed by atoms with Gasteiger partial charge in [-0.15, -0.1) is 0 Å². The van der Waals surface area contributed by atoms with Crippen LogP contribution in [-0.2, 0) is 0 Å². The molecule has 1 aromatic heterocycles. The highest BCUT2D eigenvalue weighted by Crippen LogP contribution is 1.94. The average Bonchev–Trinajstić information content (AvgIpc) is 1.86. The van der Waals surface area contributed by atoms with Gasteiger partial charge in [0.1, 0.15) is 6.20 Å². The van der Waals surface area contributed by atoms with E-state index in [-0.39, 0.29) is 0 Å². The fraction of sp³-hybridized carbons (Fsp3) is 0. The van der Waals surface area contributed by atoms with Crippen LogP contribution in [0.4, 0.5) is 0 Å². The lowest BCUT2D eigenvalue weighted by atomic mass is 10.8. The fourth-order valence-corrected chi connectivity index (χ4v) is 0.467. The Morgan fingerprint density at radius 3 is 3.00 bits per heavy atom. The van der Waals surface area contributed by atoms with Crippen molar-refractivity contribution in [2.45, 2.75) is 0 Å². The molecular formula is C3H2IN2. The molecule has 1 aromatic rings. The molecule has 31 valence electrons. The van der Waals surface area contributed by atoms with E-state index in [1.165, 1.54) is 0 Å². The normalized spacial score (nSPS) is 8.83. The molecule has 0 saturated heterocycles. The van der Waals surface area contributed by atoms with Crippen molar-refractivity contribution in [1.29, 1.82) is 0 Å². The SMILES string of the molecule is Ic1[c]n[nH]c1. The zero-order chi connectivity index (χ0) is 4.41. The van der Waals surface area contributed by atoms with Crippen LogP contribution in [0.5, 0.6) is 0 Å². The molecule has 0 amide bonds. The molecule has 2 nitrogen and oxygen atoms in total. The molecule has 0 aliphatic heterocycles. The van der Waals surface area contributed by atoms with E-state index in [4.69, 9.17) is 0 Å². The van der Waals surface area contributed by atoms with Gasteiger partial charge in [0.2, 0.25) is 0 Å². The van der Waals surface area contributed by atoms with Crippen molar-refractivity contribution in [3.8, 4) is 0 Å². The maximum absolute atomic E-state index is 3.56. The van der Waals surface area contributed by atoms with E-state index < -0.39 is 0 Å². The van der Waals surface area contributed by atoms with Crippen molar-refractivity contribution in [2.24, 2.45) is 0 Å². The van der Waals surface area contributed by atoms with Gasteiger partial charge in [-0.1, -0.05) is 0 Å². The number of aromatic nitrogens is 2. The summed E-state index contributed by atoms with van der Waals surface area (Å²) in [4.78, 5) is 0. The Balaban J connectivity index is 3.05. The molecule has 0 atom stereocenters. The summed E-state index contributed by atoms with van der Waals surface area (Å²) >= 11 is 2.13. The van der Waals surface area contributed by atoms with Gasteiger partial charge >= 0.3 is 0 Å². The van der Waals surface area contributed by atoms with Crippen molar-refractivity contribution in [3.63, 3.8) is 0 Å². The third kappa shape index (κ3) is 0.707. The zero-order valence-corrected chi connectivity index (χ0v) is 5.06. The summed E-state index contributed by atoms with van der Waals surface area (Å²) in [6, 6.07) is 0. The van der Waals surface area contributed by atoms with Gasteiger partial charge < -0.3 is 0 Å². The molecule has 0 aliphatic rings. The van der Waals surface area contributed by atoms with Crippen LogP contribution in [0.25, 0.3) is 0 Å². The first-order chi connectivity index (χ1) is 2.89. The lowest BCUT2D eigenvalue weighted by Crippen LogP contribution is -1.54. The van der Waals surface area contributed by atoms with Gasteiger partial charge in [-0.25, -0.2) is 0 Å². The second kappa shape index (κ2) is 1.59. The van der Waals surface area contributed by atoms with Crippen LogP contribution >= 0.6 is 22.6 Å². The second-order valence-corrected chi connectivity index (χ2v) is 2.01. The lowest BCUT2D eigenvalue weighted by Gasteiger charge is -1.58. The lowest BCUT2D eigenvalue weighted by molar-refractivity contribution is 1.08. The smallest absolute Gasteiger partial charge is 0.127 e. The van der Waals surface area contributed by atoms with E-state index in [2.05, 4.69) is 39.0 Å². The first kappa shape index (κ1) is 4.11. The van der Waals surface area contributed by atoms with Crippen molar-refractivity contribution in [1.82, 2.24) is 10.2 Å². The van der Waals surface area contributed by atoms with E-state index in [9.17, 15) is 0 Å². The van der Waals surface area contributed by atoms with Crippen molar-refractivity contribution < 1.29 is 0 Å². The Bertz CT molecular complexity index is 112. The second-order valence-electron chi connectivity index (χ2n) is 0.845. The molecule has 1 radical (unpaired) electrons. The number of halogens is 1. The van der Waals surface area contributed by atoms with E-state index in [1.807, 2.05) is 0 Å². The Morgan fingerprint density at radius 2 is 2.83 bits per heavy atom. The summed E-state index contributed by atoms with van der Waals surface area (Å²) in [6.45, 7) is 0. The fourth-order valence-electron chi connectivity index (χ4n) is 0.207. The molecule has 0 aromatic carbocycles. The number of nitrogens with one attached hydrogen (secondary N) is 1. The highest BCUT2D eigenvalue weighted by molar-refractivity contribution is 14.1. The van der Waals surface area contributed by atoms with Crippen LogP contribution in [0.3, 0.4) is 0 Å². The molecule has 3 heteroatoms. The Kier molecular flexibility index (Phi) is 1.09. The van der Waals surface area contributed by atoms with Crippen LogP contribution in [0.1, 0.15) is 0 Å². The van der Waals surface area contributed by atoms with Crippen LogP contribution in [0, 0.1) is 9.77 Å². The minimum absolute atomic E-state index is 1.02. The van der Waals surface area contributed by atoms with Gasteiger partial charge in [-0.05, 0) is 22.6 Å². The minimum atomic E-state index is 1.02. The van der Waals surface area contributed by atoms with Crippen LogP contribution < -0.4 is 0 Å². The molecule has 1 heterocycles. The third-order valence-electron chi connectivity index (χ3n) is 0.419. The molecular weight excluding hydrogens is 191 g/mol. The van der Waals surface area contributed by atoms with Gasteiger partial charge in [-0.3, -0.25) is 5.10 Å². The quantitative estimate of drug-likeness (QED) is 0.607. The highest BCUT2D eigenvalue weighted by atomic mass is 127. The van der Waals surface area contributed by atoms with Crippen LogP contribution in [-0.4, -0.2) is 10.2 Å². The Hall–Kier alpha value is -0.0600. The molecule has 0 bridgehead atoms. The molecule has 0 spiro atoms. The number of H-pyrrole nitrogens is 1. The average molecular weight is 193 g/mol. The predicted molar refractivity (Wildman–Crippen MR) is 30.1 cm³/mol. The van der Waals surface area contributed by atoms with Gasteiger partial charge in [0.05, 0.1) is 3.57 Å². The molecule has 0 aliphatic carbocycles. The molecule has 0 fully saturated rings. The maximum atomic E-state index is 3.56. The number of nitrogens with zero attached hydrogens (tertiary/aromatic N) is 1. The summed E-state index contributed by atoms with van der Waals surface area (Å²) < 4.78 is 1.02. The Morgan fingerprint density at radius 1 is 2.00 bits per heavy atom. The zero-order valence-electron chi connectivity index (χ0n) is 2.90. The third-order valence-corrected chi connectivity index (χ3v) is 0.971.